The summed E-state index contributed by atoms with van der Waals surface area (Å²) in [5.41, 5.74) is 6.66. The van der Waals surface area contributed by atoms with Crippen molar-refractivity contribution >= 4 is 23.7 Å². The number of nitrogens with one attached hydrogen (secondary N) is 1. The summed E-state index contributed by atoms with van der Waals surface area (Å²) in [7, 11) is 0. The van der Waals surface area contributed by atoms with Crippen LogP contribution in [-0.4, -0.2) is 26.9 Å². The minimum atomic E-state index is -0.289. The predicted molar refractivity (Wildman–Crippen MR) is 102 cm³/mol. The summed E-state index contributed by atoms with van der Waals surface area (Å²) in [5, 5.41) is 9.31. The van der Waals surface area contributed by atoms with E-state index in [-0.39, 0.29) is 5.91 Å². The van der Waals surface area contributed by atoms with Gasteiger partial charge < -0.3 is 0 Å². The molecule has 0 radical (unpaired) electrons. The minimum absolute atomic E-state index is 0.289. The lowest BCUT2D eigenvalue weighted by atomic mass is 10.2. The van der Waals surface area contributed by atoms with Gasteiger partial charge in [0.15, 0.2) is 0 Å². The third-order valence-corrected chi connectivity index (χ3v) is 4.39. The molecule has 1 aromatic carbocycles. The number of aromatic nitrogens is 3. The Labute approximate surface area is 156 Å². The third-order valence-electron chi connectivity index (χ3n) is 4.02. The normalized spacial score (nSPS) is 11.0. The van der Waals surface area contributed by atoms with Crippen LogP contribution in [0, 0.1) is 13.8 Å². The van der Waals surface area contributed by atoms with Crippen molar-refractivity contribution in [3.63, 3.8) is 0 Å². The second-order valence-corrected chi connectivity index (χ2v) is 6.18. The lowest BCUT2D eigenvalue weighted by molar-refractivity contribution is 0.0955. The van der Waals surface area contributed by atoms with Gasteiger partial charge in [-0.05, 0) is 37.6 Å². The van der Waals surface area contributed by atoms with E-state index in [9.17, 15) is 4.79 Å². The van der Waals surface area contributed by atoms with E-state index in [4.69, 9.17) is 11.6 Å². The van der Waals surface area contributed by atoms with Gasteiger partial charge in [0.25, 0.3) is 5.91 Å². The highest BCUT2D eigenvalue weighted by atomic mass is 35.5. The van der Waals surface area contributed by atoms with Gasteiger partial charge in [0.2, 0.25) is 0 Å². The molecule has 2 heterocycles. The molecule has 26 heavy (non-hydrogen) atoms. The molecule has 0 aliphatic heterocycles. The molecule has 1 amide bonds. The van der Waals surface area contributed by atoms with E-state index in [1.165, 1.54) is 0 Å². The Kier molecular flexibility index (Phi) is 5.43. The molecule has 3 aromatic rings. The first-order valence-corrected chi connectivity index (χ1v) is 8.45. The van der Waals surface area contributed by atoms with Gasteiger partial charge in [0.1, 0.15) is 0 Å². The monoisotopic (exact) mass is 367 g/mol. The van der Waals surface area contributed by atoms with Crippen molar-refractivity contribution in [1.82, 2.24) is 20.2 Å². The van der Waals surface area contributed by atoms with Gasteiger partial charge in [-0.3, -0.25) is 14.5 Å². The molecule has 0 atom stereocenters. The topological polar surface area (TPSA) is 72.2 Å². The third kappa shape index (κ3) is 3.97. The van der Waals surface area contributed by atoms with Crippen molar-refractivity contribution in [3.05, 3.63) is 81.9 Å². The summed E-state index contributed by atoms with van der Waals surface area (Å²) in [6.45, 7) is 4.44. The molecule has 0 bridgehead atoms. The van der Waals surface area contributed by atoms with Crippen molar-refractivity contribution in [2.24, 2.45) is 5.10 Å². The molecule has 0 unspecified atom stereocenters. The van der Waals surface area contributed by atoms with E-state index < -0.39 is 0 Å². The fourth-order valence-corrected chi connectivity index (χ4v) is 2.76. The number of hydrogen-bond acceptors (Lipinski definition) is 4. The maximum Gasteiger partial charge on any atom is 0.271 e. The zero-order chi connectivity index (χ0) is 18.5. The molecule has 2 aromatic heterocycles. The van der Waals surface area contributed by atoms with Crippen LogP contribution in [-0.2, 0) is 6.54 Å². The first-order valence-electron chi connectivity index (χ1n) is 8.07. The number of hydrazone groups is 1. The molecule has 0 fully saturated rings. The maximum atomic E-state index is 12.0. The molecular formula is C19H18ClN5O. The van der Waals surface area contributed by atoms with Crippen LogP contribution in [0.15, 0.2) is 53.9 Å². The molecular weight excluding hydrogens is 350 g/mol. The van der Waals surface area contributed by atoms with Crippen LogP contribution in [0.4, 0.5) is 0 Å². The van der Waals surface area contributed by atoms with Gasteiger partial charge in [-0.1, -0.05) is 29.8 Å². The van der Waals surface area contributed by atoms with E-state index in [2.05, 4.69) is 20.6 Å². The van der Waals surface area contributed by atoms with Crippen molar-refractivity contribution in [1.29, 1.82) is 0 Å². The summed E-state index contributed by atoms with van der Waals surface area (Å²) >= 11 is 6.23. The van der Waals surface area contributed by atoms with E-state index in [0.29, 0.717) is 17.1 Å². The SMILES string of the molecule is Cc1nn(Cc2ccccc2Cl)c(C)c1/C=N\NC(=O)c1ccncc1. The molecule has 132 valence electrons. The van der Waals surface area contributed by atoms with Crippen LogP contribution in [0.2, 0.25) is 5.02 Å². The van der Waals surface area contributed by atoms with Gasteiger partial charge in [-0.25, -0.2) is 5.43 Å². The standard InChI is InChI=1S/C19H18ClN5O/c1-13-17(11-22-23-19(26)15-7-9-21-10-8-15)14(2)25(24-13)12-16-5-3-4-6-18(16)20/h3-11H,12H2,1-2H3,(H,23,26)/b22-11-. The van der Waals surface area contributed by atoms with Crippen LogP contribution in [0.1, 0.15) is 32.9 Å². The Hall–Kier alpha value is -2.99. The van der Waals surface area contributed by atoms with E-state index >= 15 is 0 Å². The number of hydrogen-bond donors (Lipinski definition) is 1. The quantitative estimate of drug-likeness (QED) is 0.555. The number of amides is 1. The first-order chi connectivity index (χ1) is 12.6. The van der Waals surface area contributed by atoms with E-state index in [1.807, 2.05) is 42.8 Å². The number of carbonyl (C=O) groups is 1. The van der Waals surface area contributed by atoms with Crippen LogP contribution >= 0.6 is 11.6 Å². The van der Waals surface area contributed by atoms with Crippen molar-refractivity contribution in [2.45, 2.75) is 20.4 Å². The van der Waals surface area contributed by atoms with E-state index in [1.54, 1.807) is 30.7 Å². The highest BCUT2D eigenvalue weighted by molar-refractivity contribution is 6.31. The van der Waals surface area contributed by atoms with Crippen molar-refractivity contribution < 1.29 is 4.79 Å². The highest BCUT2D eigenvalue weighted by Crippen LogP contribution is 2.18. The van der Waals surface area contributed by atoms with Gasteiger partial charge in [-0.2, -0.15) is 10.2 Å². The summed E-state index contributed by atoms with van der Waals surface area (Å²) in [6, 6.07) is 10.9. The second kappa shape index (κ2) is 7.93. The van der Waals surface area contributed by atoms with Gasteiger partial charge in [0.05, 0.1) is 18.5 Å². The average Bonchev–Trinajstić information content (AvgIpc) is 2.91. The molecule has 0 saturated heterocycles. The molecule has 0 aliphatic carbocycles. The average molecular weight is 368 g/mol. The summed E-state index contributed by atoms with van der Waals surface area (Å²) in [5.74, 6) is -0.289. The smallest absolute Gasteiger partial charge is 0.267 e. The maximum absolute atomic E-state index is 12.0. The zero-order valence-electron chi connectivity index (χ0n) is 14.5. The number of carbonyl (C=O) groups excluding carboxylic acids is 1. The predicted octanol–water partition coefficient (Wildman–Crippen LogP) is 3.36. The summed E-state index contributed by atoms with van der Waals surface area (Å²) in [6.07, 6.45) is 4.73. The molecule has 7 heteroatoms. The van der Waals surface area contributed by atoms with Crippen molar-refractivity contribution in [3.8, 4) is 0 Å². The Morgan fingerprint density at radius 1 is 1.23 bits per heavy atom. The zero-order valence-corrected chi connectivity index (χ0v) is 15.2. The summed E-state index contributed by atoms with van der Waals surface area (Å²) < 4.78 is 1.88. The Balaban J connectivity index is 1.74. The fraction of sp³-hybridized carbons (Fsp3) is 0.158. The molecule has 6 nitrogen and oxygen atoms in total. The number of aryl methyl sites for hydroxylation is 1. The second-order valence-electron chi connectivity index (χ2n) is 5.77. The Bertz CT molecular complexity index is 950. The molecule has 0 aliphatic rings. The van der Waals surface area contributed by atoms with Crippen LogP contribution in [0.5, 0.6) is 0 Å². The van der Waals surface area contributed by atoms with E-state index in [0.717, 1.165) is 22.5 Å². The van der Waals surface area contributed by atoms with Crippen LogP contribution in [0.3, 0.4) is 0 Å². The fourth-order valence-electron chi connectivity index (χ4n) is 2.56. The first kappa shape index (κ1) is 17.8. The number of rotatable bonds is 5. The lowest BCUT2D eigenvalue weighted by Crippen LogP contribution is -2.17. The minimum Gasteiger partial charge on any atom is -0.267 e. The largest absolute Gasteiger partial charge is 0.271 e. The lowest BCUT2D eigenvalue weighted by Gasteiger charge is -2.06. The number of benzene rings is 1. The van der Waals surface area contributed by atoms with Gasteiger partial charge in [0, 0.05) is 34.2 Å². The molecule has 3 rings (SSSR count). The van der Waals surface area contributed by atoms with Gasteiger partial charge in [-0.15, -0.1) is 0 Å². The molecule has 1 N–H and O–H groups in total. The Morgan fingerprint density at radius 2 is 1.96 bits per heavy atom. The number of pyridine rings is 1. The molecule has 0 saturated carbocycles. The van der Waals surface area contributed by atoms with Crippen LogP contribution < -0.4 is 5.43 Å². The highest BCUT2D eigenvalue weighted by Gasteiger charge is 2.11. The Morgan fingerprint density at radius 3 is 2.69 bits per heavy atom. The number of nitrogens with zero attached hydrogens (tertiary/aromatic N) is 4. The molecule has 0 spiro atoms. The van der Waals surface area contributed by atoms with Crippen LogP contribution in [0.25, 0.3) is 0 Å². The van der Waals surface area contributed by atoms with Gasteiger partial charge >= 0.3 is 0 Å². The summed E-state index contributed by atoms with van der Waals surface area (Å²) in [4.78, 5) is 15.9. The number of halogens is 1. The van der Waals surface area contributed by atoms with Crippen molar-refractivity contribution in [2.75, 3.05) is 0 Å².